The second kappa shape index (κ2) is 11.6. The van der Waals surface area contributed by atoms with Crippen LogP contribution in [0.25, 0.3) is 0 Å². The molecule has 8 nitrogen and oxygen atoms in total. The molecular formula is C12H24N2O6. The van der Waals surface area contributed by atoms with Crippen LogP contribution in [0.5, 0.6) is 0 Å². The molecule has 0 saturated carbocycles. The van der Waals surface area contributed by atoms with E-state index in [0.29, 0.717) is 13.2 Å². The first kappa shape index (κ1) is 18.8. The minimum Gasteiger partial charge on any atom is -0.462 e. The molecule has 0 heterocycles. The number of hydrogen-bond donors (Lipinski definition) is 2. The monoisotopic (exact) mass is 292 g/mol. The Morgan fingerprint density at radius 1 is 0.750 bits per heavy atom. The van der Waals surface area contributed by atoms with Crippen molar-refractivity contribution in [1.82, 2.24) is 0 Å². The highest BCUT2D eigenvalue weighted by molar-refractivity contribution is 5.75. The van der Waals surface area contributed by atoms with Gasteiger partial charge in [-0.15, -0.1) is 0 Å². The lowest BCUT2D eigenvalue weighted by Crippen LogP contribution is -2.30. The van der Waals surface area contributed by atoms with Crippen LogP contribution in [0.15, 0.2) is 0 Å². The van der Waals surface area contributed by atoms with Gasteiger partial charge >= 0.3 is 11.9 Å². The fourth-order valence-electron chi connectivity index (χ4n) is 0.987. The molecule has 2 atom stereocenters. The van der Waals surface area contributed by atoms with Gasteiger partial charge in [0.1, 0.15) is 25.3 Å². The third kappa shape index (κ3) is 10.7. The number of carbonyl (C=O) groups excluding carboxylic acids is 2. The van der Waals surface area contributed by atoms with Crippen LogP contribution < -0.4 is 11.5 Å². The van der Waals surface area contributed by atoms with E-state index in [9.17, 15) is 9.59 Å². The Bertz CT molecular complexity index is 255. The maximum absolute atomic E-state index is 11.0. The molecule has 0 amide bonds. The van der Waals surface area contributed by atoms with Crippen LogP contribution in [0.4, 0.5) is 0 Å². The summed E-state index contributed by atoms with van der Waals surface area (Å²) in [6.45, 7) is 4.69. The molecule has 0 bridgehead atoms. The first-order valence-electron chi connectivity index (χ1n) is 6.45. The standard InChI is InChI=1S/C12H24N2O6/c1-9(13)11(15)19-7-5-17-3-4-18-6-8-20-12(16)10(2)14/h9-10H,3-8,13-14H2,1-2H3. The van der Waals surface area contributed by atoms with E-state index in [1.807, 2.05) is 0 Å². The largest absolute Gasteiger partial charge is 0.462 e. The quantitative estimate of drug-likeness (QED) is 0.359. The summed E-state index contributed by atoms with van der Waals surface area (Å²) < 4.78 is 19.9. The molecule has 0 spiro atoms. The third-order valence-electron chi connectivity index (χ3n) is 2.06. The first-order valence-corrected chi connectivity index (χ1v) is 6.45. The van der Waals surface area contributed by atoms with Crippen LogP contribution in [0.1, 0.15) is 13.8 Å². The first-order chi connectivity index (χ1) is 9.45. The van der Waals surface area contributed by atoms with Crippen LogP contribution in [0.2, 0.25) is 0 Å². The molecule has 0 aromatic heterocycles. The number of hydrogen-bond acceptors (Lipinski definition) is 8. The maximum atomic E-state index is 11.0. The van der Waals surface area contributed by atoms with Crippen LogP contribution in [-0.2, 0) is 28.5 Å². The van der Waals surface area contributed by atoms with Gasteiger partial charge in [-0.2, -0.15) is 0 Å². The Labute approximate surface area is 118 Å². The second-order valence-corrected chi connectivity index (χ2v) is 4.14. The van der Waals surface area contributed by atoms with E-state index < -0.39 is 24.0 Å². The average molecular weight is 292 g/mol. The van der Waals surface area contributed by atoms with Crippen LogP contribution in [0, 0.1) is 0 Å². The van der Waals surface area contributed by atoms with Crippen molar-refractivity contribution in [3.63, 3.8) is 0 Å². The second-order valence-electron chi connectivity index (χ2n) is 4.14. The number of nitrogens with two attached hydrogens (primary N) is 2. The molecule has 4 N–H and O–H groups in total. The summed E-state index contributed by atoms with van der Waals surface area (Å²) in [5.41, 5.74) is 10.6. The topological polar surface area (TPSA) is 123 Å². The minimum atomic E-state index is -0.628. The molecule has 2 unspecified atom stereocenters. The highest BCUT2D eigenvalue weighted by Crippen LogP contribution is 1.87. The van der Waals surface area contributed by atoms with Crippen molar-refractivity contribution in [1.29, 1.82) is 0 Å². The molecular weight excluding hydrogens is 268 g/mol. The highest BCUT2D eigenvalue weighted by Gasteiger charge is 2.08. The molecule has 0 aliphatic heterocycles. The van der Waals surface area contributed by atoms with E-state index >= 15 is 0 Å². The summed E-state index contributed by atoms with van der Waals surface area (Å²) in [5, 5.41) is 0. The molecule has 0 aliphatic carbocycles. The number of ether oxygens (including phenoxy) is 4. The molecule has 20 heavy (non-hydrogen) atoms. The average Bonchev–Trinajstić information content (AvgIpc) is 2.39. The molecule has 0 fully saturated rings. The van der Waals surface area contributed by atoms with Gasteiger partial charge in [0.15, 0.2) is 0 Å². The molecule has 0 aromatic rings. The smallest absolute Gasteiger partial charge is 0.322 e. The van der Waals surface area contributed by atoms with Gasteiger partial charge in [0.05, 0.1) is 26.4 Å². The van der Waals surface area contributed by atoms with E-state index in [1.165, 1.54) is 0 Å². The van der Waals surface area contributed by atoms with Gasteiger partial charge in [-0.3, -0.25) is 9.59 Å². The van der Waals surface area contributed by atoms with Crippen molar-refractivity contribution in [2.75, 3.05) is 39.6 Å². The zero-order valence-corrected chi connectivity index (χ0v) is 12.0. The summed E-state index contributed by atoms with van der Waals surface area (Å²) in [4.78, 5) is 22.0. The molecule has 0 radical (unpaired) electrons. The Balaban J connectivity index is 3.21. The van der Waals surface area contributed by atoms with Gasteiger partial charge in [0.2, 0.25) is 0 Å². The summed E-state index contributed by atoms with van der Waals surface area (Å²) in [7, 11) is 0. The fraction of sp³-hybridized carbons (Fsp3) is 0.833. The van der Waals surface area contributed by atoms with Crippen molar-refractivity contribution in [3.05, 3.63) is 0 Å². The number of carbonyl (C=O) groups is 2. The zero-order valence-electron chi connectivity index (χ0n) is 12.0. The number of esters is 2. The fourth-order valence-corrected chi connectivity index (χ4v) is 0.987. The van der Waals surface area contributed by atoms with Gasteiger partial charge in [0, 0.05) is 0 Å². The molecule has 8 heteroatoms. The van der Waals surface area contributed by atoms with E-state index in [2.05, 4.69) is 0 Å². The predicted molar refractivity (Wildman–Crippen MR) is 70.9 cm³/mol. The van der Waals surface area contributed by atoms with E-state index in [-0.39, 0.29) is 26.4 Å². The van der Waals surface area contributed by atoms with Crippen LogP contribution in [-0.4, -0.2) is 63.7 Å². The van der Waals surface area contributed by atoms with Gasteiger partial charge in [-0.05, 0) is 13.8 Å². The van der Waals surface area contributed by atoms with Gasteiger partial charge < -0.3 is 30.4 Å². The Kier molecular flexibility index (Phi) is 10.9. The van der Waals surface area contributed by atoms with E-state index in [0.717, 1.165) is 0 Å². The van der Waals surface area contributed by atoms with Gasteiger partial charge in [0.25, 0.3) is 0 Å². The molecule has 0 rings (SSSR count). The summed E-state index contributed by atoms with van der Waals surface area (Å²) in [6, 6.07) is -1.26. The lowest BCUT2D eigenvalue weighted by atomic mass is 10.4. The van der Waals surface area contributed by atoms with Gasteiger partial charge in [-0.25, -0.2) is 0 Å². The van der Waals surface area contributed by atoms with Crippen molar-refractivity contribution < 1.29 is 28.5 Å². The maximum Gasteiger partial charge on any atom is 0.322 e. The van der Waals surface area contributed by atoms with Crippen molar-refractivity contribution in [2.24, 2.45) is 11.5 Å². The lowest BCUT2D eigenvalue weighted by molar-refractivity contribution is -0.148. The zero-order chi connectivity index (χ0) is 15.4. The van der Waals surface area contributed by atoms with E-state index in [4.69, 9.17) is 30.4 Å². The van der Waals surface area contributed by atoms with Gasteiger partial charge in [-0.1, -0.05) is 0 Å². The predicted octanol–water partition coefficient (Wildman–Crippen LogP) is -1.20. The lowest BCUT2D eigenvalue weighted by Gasteiger charge is -2.09. The summed E-state index contributed by atoms with van der Waals surface area (Å²) in [5.74, 6) is -0.915. The molecule has 118 valence electrons. The minimum absolute atomic E-state index is 0.159. The van der Waals surface area contributed by atoms with Crippen LogP contribution in [0.3, 0.4) is 0 Å². The van der Waals surface area contributed by atoms with Crippen LogP contribution >= 0.6 is 0 Å². The highest BCUT2D eigenvalue weighted by atomic mass is 16.6. The van der Waals surface area contributed by atoms with Crippen molar-refractivity contribution in [3.8, 4) is 0 Å². The van der Waals surface area contributed by atoms with Crippen molar-refractivity contribution >= 4 is 11.9 Å². The Morgan fingerprint density at radius 3 is 1.35 bits per heavy atom. The van der Waals surface area contributed by atoms with E-state index in [1.54, 1.807) is 13.8 Å². The Morgan fingerprint density at radius 2 is 1.05 bits per heavy atom. The normalized spacial score (nSPS) is 13.6. The molecule has 0 saturated heterocycles. The Hall–Kier alpha value is -1.22. The summed E-state index contributed by atoms with van der Waals surface area (Å²) in [6.07, 6.45) is 0. The number of rotatable bonds is 11. The SMILES string of the molecule is CC(N)C(=O)OCCOCCOCCOC(=O)C(C)N. The molecule has 0 aromatic carbocycles. The molecule has 0 aliphatic rings. The van der Waals surface area contributed by atoms with Crippen molar-refractivity contribution in [2.45, 2.75) is 25.9 Å². The third-order valence-corrected chi connectivity index (χ3v) is 2.06. The summed E-state index contributed by atoms with van der Waals surface area (Å²) >= 11 is 0.